The third kappa shape index (κ3) is 8.27. The van der Waals surface area contributed by atoms with E-state index in [0.717, 1.165) is 92.4 Å². The van der Waals surface area contributed by atoms with Crippen LogP contribution in [0.3, 0.4) is 0 Å². The first-order valence-corrected chi connectivity index (χ1v) is 14.9. The van der Waals surface area contributed by atoms with Gasteiger partial charge in [0.25, 0.3) is 0 Å². The van der Waals surface area contributed by atoms with E-state index < -0.39 is 6.16 Å². The molecule has 40 heavy (non-hydrogen) atoms. The molecule has 0 N–H and O–H groups in total. The molecule has 9 heteroatoms. The summed E-state index contributed by atoms with van der Waals surface area (Å²) in [5, 5.41) is 0.857. The van der Waals surface area contributed by atoms with Crippen LogP contribution in [0.2, 0.25) is 5.02 Å². The van der Waals surface area contributed by atoms with Gasteiger partial charge < -0.3 is 19.1 Å². The van der Waals surface area contributed by atoms with Gasteiger partial charge in [-0.2, -0.15) is 0 Å². The lowest BCUT2D eigenvalue weighted by Crippen LogP contribution is -2.46. The molecule has 0 aromatic heterocycles. The van der Waals surface area contributed by atoms with Crippen molar-refractivity contribution in [3.8, 4) is 5.75 Å². The Bertz CT molecular complexity index is 1140. The number of nitrogens with zero attached hydrogens (tertiary/aromatic N) is 3. The predicted molar refractivity (Wildman–Crippen MR) is 159 cm³/mol. The Morgan fingerprint density at radius 1 is 0.925 bits per heavy atom. The van der Waals surface area contributed by atoms with Crippen molar-refractivity contribution in [2.75, 3.05) is 62.5 Å². The molecular weight excluding hydrogens is 530 g/mol. The van der Waals surface area contributed by atoms with Gasteiger partial charge in [0.2, 0.25) is 5.91 Å². The number of ether oxygens (including phenoxy) is 3. The van der Waals surface area contributed by atoms with Crippen molar-refractivity contribution >= 4 is 35.0 Å². The molecule has 0 atom stereocenters. The Labute approximate surface area is 243 Å². The van der Waals surface area contributed by atoms with Gasteiger partial charge in [-0.3, -0.25) is 14.6 Å². The lowest BCUT2D eigenvalue weighted by Gasteiger charge is -2.36. The van der Waals surface area contributed by atoms with Gasteiger partial charge in [0.15, 0.2) is 6.73 Å². The summed E-state index contributed by atoms with van der Waals surface area (Å²) >= 11 is 6.53. The molecule has 1 fully saturated rings. The number of fused-ring (bicyclic) bond motifs is 1. The largest absolute Gasteiger partial charge is 0.510 e. The van der Waals surface area contributed by atoms with Crippen LogP contribution in [0.25, 0.3) is 0 Å². The van der Waals surface area contributed by atoms with E-state index in [-0.39, 0.29) is 12.6 Å². The van der Waals surface area contributed by atoms with Crippen LogP contribution in [0.1, 0.15) is 56.6 Å². The number of carbonyl (C=O) groups is 2. The van der Waals surface area contributed by atoms with E-state index in [1.165, 1.54) is 4.90 Å². The van der Waals surface area contributed by atoms with Gasteiger partial charge in [0.1, 0.15) is 5.75 Å². The van der Waals surface area contributed by atoms with E-state index in [9.17, 15) is 9.59 Å². The maximum atomic E-state index is 12.6. The molecule has 2 aliphatic rings. The second-order valence-corrected chi connectivity index (χ2v) is 10.9. The van der Waals surface area contributed by atoms with Crippen LogP contribution < -0.4 is 14.5 Å². The fourth-order valence-electron chi connectivity index (χ4n) is 5.13. The van der Waals surface area contributed by atoms with Crippen LogP contribution in [-0.2, 0) is 20.7 Å². The maximum absolute atomic E-state index is 12.6. The zero-order chi connectivity index (χ0) is 28.3. The monoisotopic (exact) mass is 571 g/mol. The Hall–Kier alpha value is -2.97. The molecule has 2 heterocycles. The molecule has 218 valence electrons. The van der Waals surface area contributed by atoms with Crippen molar-refractivity contribution in [1.82, 2.24) is 4.90 Å². The first-order chi connectivity index (χ1) is 19.5. The summed E-state index contributed by atoms with van der Waals surface area (Å²) in [6.07, 6.45) is 5.14. The van der Waals surface area contributed by atoms with Crippen LogP contribution in [0.15, 0.2) is 36.4 Å². The first kappa shape index (κ1) is 30.0. The molecule has 8 nitrogen and oxygen atoms in total. The normalized spacial score (nSPS) is 15.6. The lowest BCUT2D eigenvalue weighted by molar-refractivity contribution is -0.119. The summed E-state index contributed by atoms with van der Waals surface area (Å²) in [5.41, 5.74) is 4.03. The maximum Gasteiger partial charge on any atom is 0.510 e. The van der Waals surface area contributed by atoms with Crippen molar-refractivity contribution in [2.24, 2.45) is 0 Å². The molecule has 2 aromatic carbocycles. The van der Waals surface area contributed by atoms with Crippen molar-refractivity contribution in [3.05, 3.63) is 52.5 Å². The highest BCUT2D eigenvalue weighted by Gasteiger charge is 2.26. The van der Waals surface area contributed by atoms with E-state index in [1.54, 1.807) is 0 Å². The third-order valence-corrected chi connectivity index (χ3v) is 8.05. The van der Waals surface area contributed by atoms with E-state index in [4.69, 9.17) is 25.8 Å². The van der Waals surface area contributed by atoms with Gasteiger partial charge in [-0.1, -0.05) is 49.6 Å². The summed E-state index contributed by atoms with van der Waals surface area (Å²) < 4.78 is 16.4. The van der Waals surface area contributed by atoms with Gasteiger partial charge in [0.05, 0.1) is 29.6 Å². The molecule has 0 saturated carbocycles. The zero-order valence-electron chi connectivity index (χ0n) is 23.8. The fraction of sp³-hybridized carbons (Fsp3) is 0.548. The molecule has 0 bridgehead atoms. The number of aryl methyl sites for hydroxylation is 2. The number of unbranched alkanes of at least 4 members (excludes halogenated alkanes) is 3. The minimum Gasteiger partial charge on any atom is -0.494 e. The summed E-state index contributed by atoms with van der Waals surface area (Å²) in [7, 11) is 0. The smallest absolute Gasteiger partial charge is 0.494 e. The molecule has 0 unspecified atom stereocenters. The van der Waals surface area contributed by atoms with E-state index in [2.05, 4.69) is 28.9 Å². The van der Waals surface area contributed by atoms with Gasteiger partial charge in [-0.15, -0.1) is 0 Å². The van der Waals surface area contributed by atoms with Gasteiger partial charge >= 0.3 is 6.16 Å². The summed E-state index contributed by atoms with van der Waals surface area (Å²) in [6.45, 7) is 9.94. The zero-order valence-corrected chi connectivity index (χ0v) is 24.6. The number of carbonyl (C=O) groups excluding carboxylic acids is 2. The number of anilines is 2. The number of halogens is 1. The SMILES string of the molecule is CCCCCOC(=O)OCN1C(=O)CCc2ccc(OCCCCN3CCN(c4cccc(C)c4Cl)CC3)cc21. The Balaban J connectivity index is 1.18. The summed E-state index contributed by atoms with van der Waals surface area (Å²) in [6, 6.07) is 12.0. The summed E-state index contributed by atoms with van der Waals surface area (Å²) in [5.74, 6) is 0.637. The van der Waals surface area contributed by atoms with Crippen molar-refractivity contribution in [2.45, 2.75) is 58.8 Å². The Morgan fingerprint density at radius 3 is 2.52 bits per heavy atom. The van der Waals surface area contributed by atoms with Gasteiger partial charge in [-0.25, -0.2) is 4.79 Å². The predicted octanol–water partition coefficient (Wildman–Crippen LogP) is 6.21. The minimum absolute atomic E-state index is 0.0757. The number of hydrogen-bond acceptors (Lipinski definition) is 7. The van der Waals surface area contributed by atoms with Gasteiger partial charge in [-0.05, 0) is 62.4 Å². The number of hydrogen-bond donors (Lipinski definition) is 0. The summed E-state index contributed by atoms with van der Waals surface area (Å²) in [4.78, 5) is 30.9. The van der Waals surface area contributed by atoms with E-state index >= 15 is 0 Å². The quantitative estimate of drug-likeness (QED) is 0.209. The molecule has 1 amide bonds. The number of amides is 1. The highest BCUT2D eigenvalue weighted by Crippen LogP contribution is 2.32. The van der Waals surface area contributed by atoms with Crippen molar-refractivity contribution < 1.29 is 23.8 Å². The van der Waals surface area contributed by atoms with E-state index in [0.29, 0.717) is 31.8 Å². The van der Waals surface area contributed by atoms with Crippen LogP contribution in [0.5, 0.6) is 5.75 Å². The fourth-order valence-corrected chi connectivity index (χ4v) is 5.38. The lowest BCUT2D eigenvalue weighted by atomic mass is 10.0. The Kier molecular flexibility index (Phi) is 11.4. The second kappa shape index (κ2) is 15.1. The molecule has 0 spiro atoms. The average molecular weight is 572 g/mol. The molecule has 2 aromatic rings. The highest BCUT2D eigenvalue weighted by atomic mass is 35.5. The first-order valence-electron chi connectivity index (χ1n) is 14.5. The molecular formula is C31H42ClN3O5. The number of rotatable bonds is 13. The third-order valence-electron chi connectivity index (χ3n) is 7.56. The topological polar surface area (TPSA) is 71.5 Å². The highest BCUT2D eigenvalue weighted by molar-refractivity contribution is 6.34. The van der Waals surface area contributed by atoms with Gasteiger partial charge in [0, 0.05) is 38.7 Å². The van der Waals surface area contributed by atoms with Crippen LogP contribution >= 0.6 is 11.6 Å². The van der Waals surface area contributed by atoms with Crippen LogP contribution in [-0.4, -0.2) is 69.6 Å². The second-order valence-electron chi connectivity index (χ2n) is 10.5. The molecule has 2 aliphatic heterocycles. The average Bonchev–Trinajstić information content (AvgIpc) is 2.96. The standard InChI is InChI=1S/C31H42ClN3O5/c1-3-4-6-21-39-31(37)40-23-35-28-22-26(13-11-25(28)12-14-29(35)36)38-20-7-5-15-33-16-18-34(19-17-33)27-10-8-9-24(2)30(27)32/h8-11,13,22H,3-7,12,14-21,23H2,1-2H3. The number of piperazine rings is 1. The van der Waals surface area contributed by atoms with Crippen molar-refractivity contribution in [3.63, 3.8) is 0 Å². The number of benzene rings is 2. The van der Waals surface area contributed by atoms with Crippen LogP contribution in [0.4, 0.5) is 16.2 Å². The van der Waals surface area contributed by atoms with E-state index in [1.807, 2.05) is 31.2 Å². The molecule has 0 radical (unpaired) electrons. The minimum atomic E-state index is -0.746. The molecule has 4 rings (SSSR count). The molecule has 0 aliphatic carbocycles. The Morgan fingerprint density at radius 2 is 1.73 bits per heavy atom. The van der Waals surface area contributed by atoms with Crippen LogP contribution in [0, 0.1) is 6.92 Å². The van der Waals surface area contributed by atoms with Crippen molar-refractivity contribution in [1.29, 1.82) is 0 Å². The molecule has 1 saturated heterocycles.